The number of nitrogens with zero attached hydrogens (tertiary/aromatic N) is 4. The van der Waals surface area contributed by atoms with Crippen molar-refractivity contribution in [1.82, 2.24) is 20.1 Å². The zero-order chi connectivity index (χ0) is 26.5. The fraction of sp³-hybridized carbons (Fsp3) is 0.552. The maximum Gasteiger partial charge on any atom is 0.408 e. The molecule has 0 radical (unpaired) electrons. The van der Waals surface area contributed by atoms with E-state index in [1.165, 1.54) is 11.1 Å². The molecule has 2 atom stereocenters. The molecular weight excluding hydrogens is 593 g/mol. The summed E-state index contributed by atoms with van der Waals surface area (Å²) in [6.07, 6.45) is 5.73. The lowest BCUT2D eigenvalue weighted by molar-refractivity contribution is -0.0372. The quantitative estimate of drug-likeness (QED) is 0.351. The largest absolute Gasteiger partial charge is 0.444 e. The number of fused-ring (bicyclic) bond motifs is 2. The third-order valence-corrected chi connectivity index (χ3v) is 8.99. The average Bonchev–Trinajstić information content (AvgIpc) is 3.38. The van der Waals surface area contributed by atoms with Crippen LogP contribution in [0.15, 0.2) is 36.4 Å². The topological polar surface area (TPSA) is 81.5 Å². The van der Waals surface area contributed by atoms with E-state index in [0.717, 1.165) is 78.8 Å². The molecule has 1 aromatic carbocycles. The van der Waals surface area contributed by atoms with Gasteiger partial charge in [-0.2, -0.15) is 5.10 Å². The molecule has 0 saturated carbocycles. The number of anilines is 1. The van der Waals surface area contributed by atoms with Gasteiger partial charge in [-0.05, 0) is 105 Å². The summed E-state index contributed by atoms with van der Waals surface area (Å²) in [6.45, 7) is 8.24. The second kappa shape index (κ2) is 9.97. The van der Waals surface area contributed by atoms with Gasteiger partial charge in [0.15, 0.2) is 11.9 Å². The Labute approximate surface area is 237 Å². The number of hydrogen-bond acceptors (Lipinski definition) is 6. The fourth-order valence-corrected chi connectivity index (χ4v) is 7.01. The Morgan fingerprint density at radius 3 is 2.68 bits per heavy atom. The number of halogens is 1. The van der Waals surface area contributed by atoms with E-state index < -0.39 is 5.60 Å². The van der Waals surface area contributed by atoms with Crippen LogP contribution in [0.3, 0.4) is 0 Å². The van der Waals surface area contributed by atoms with Gasteiger partial charge >= 0.3 is 6.09 Å². The number of piperidine rings is 1. The van der Waals surface area contributed by atoms with Crippen LogP contribution in [0, 0.1) is 9.12 Å². The fourth-order valence-electron chi connectivity index (χ4n) is 6.35. The second-order valence-corrected chi connectivity index (χ2v) is 12.9. The molecule has 2 saturated heterocycles. The van der Waals surface area contributed by atoms with Gasteiger partial charge in [-0.3, -0.25) is 0 Å². The number of aromatic nitrogens is 3. The number of ether oxygens (including phenoxy) is 2. The van der Waals surface area contributed by atoms with Gasteiger partial charge in [0.25, 0.3) is 0 Å². The van der Waals surface area contributed by atoms with E-state index in [2.05, 4.69) is 69.2 Å². The Morgan fingerprint density at radius 2 is 1.95 bits per heavy atom. The van der Waals surface area contributed by atoms with Crippen molar-refractivity contribution in [3.05, 3.63) is 51.2 Å². The number of nitrogens with one attached hydrogen (secondary N) is 1. The molecule has 6 rings (SSSR count). The number of carbonyl (C=O) groups excluding carboxylic acids is 1. The molecule has 3 aromatic rings. The molecular formula is C29H36IN5O3. The lowest BCUT2D eigenvalue weighted by atomic mass is 9.72. The molecule has 8 nitrogen and oxygen atoms in total. The Morgan fingerprint density at radius 1 is 1.16 bits per heavy atom. The van der Waals surface area contributed by atoms with Gasteiger partial charge in [0, 0.05) is 25.1 Å². The number of benzene rings is 1. The van der Waals surface area contributed by atoms with Crippen LogP contribution >= 0.6 is 22.6 Å². The summed E-state index contributed by atoms with van der Waals surface area (Å²) in [5, 5.41) is 9.12. The zero-order valence-corrected chi connectivity index (χ0v) is 24.5. The lowest BCUT2D eigenvalue weighted by Crippen LogP contribution is -2.47. The maximum absolute atomic E-state index is 12.9. The van der Waals surface area contributed by atoms with Gasteiger partial charge in [-0.15, -0.1) is 0 Å². The van der Waals surface area contributed by atoms with E-state index in [-0.39, 0.29) is 23.8 Å². The minimum absolute atomic E-state index is 0.0335. The van der Waals surface area contributed by atoms with E-state index in [0.29, 0.717) is 0 Å². The minimum atomic E-state index is -0.532. The first kappa shape index (κ1) is 25.9. The van der Waals surface area contributed by atoms with Crippen LogP contribution in [0.1, 0.15) is 76.3 Å². The highest BCUT2D eigenvalue weighted by molar-refractivity contribution is 14.1. The second-order valence-electron chi connectivity index (χ2n) is 11.9. The highest BCUT2D eigenvalue weighted by Gasteiger charge is 2.48. The molecule has 1 unspecified atom stereocenters. The first-order valence-electron chi connectivity index (χ1n) is 13.7. The molecule has 2 fully saturated rings. The Balaban J connectivity index is 1.23. The highest BCUT2D eigenvalue weighted by Crippen LogP contribution is 2.52. The summed E-state index contributed by atoms with van der Waals surface area (Å²) in [6, 6.07) is 12.7. The molecule has 4 heterocycles. The first-order valence-corrected chi connectivity index (χ1v) is 14.8. The molecule has 2 aromatic heterocycles. The van der Waals surface area contributed by atoms with Crippen LogP contribution in [0.5, 0.6) is 0 Å². The van der Waals surface area contributed by atoms with Gasteiger partial charge in [0.2, 0.25) is 0 Å². The van der Waals surface area contributed by atoms with E-state index in [4.69, 9.17) is 19.6 Å². The highest BCUT2D eigenvalue weighted by atomic mass is 127. The van der Waals surface area contributed by atoms with Crippen molar-refractivity contribution < 1.29 is 14.3 Å². The SMILES string of the molecule is CC(C)(C)OC(=O)N[C@@H]1c2ccccc2CC12CCN(c1ccc3c(I)nn(C4CCCCO4)c3n1)CC2. The summed E-state index contributed by atoms with van der Waals surface area (Å²) in [5.41, 5.74) is 2.88. The van der Waals surface area contributed by atoms with Crippen molar-refractivity contribution in [2.24, 2.45) is 5.41 Å². The number of hydrogen-bond donors (Lipinski definition) is 1. The van der Waals surface area contributed by atoms with Crippen LogP contribution < -0.4 is 10.2 Å². The first-order chi connectivity index (χ1) is 18.2. The zero-order valence-electron chi connectivity index (χ0n) is 22.4. The van der Waals surface area contributed by atoms with Crippen molar-refractivity contribution in [1.29, 1.82) is 0 Å². The van der Waals surface area contributed by atoms with Crippen molar-refractivity contribution in [3.8, 4) is 0 Å². The minimum Gasteiger partial charge on any atom is -0.444 e. The van der Waals surface area contributed by atoms with Crippen molar-refractivity contribution in [3.63, 3.8) is 0 Å². The van der Waals surface area contributed by atoms with Crippen LogP contribution in [0.25, 0.3) is 11.0 Å². The molecule has 3 aliphatic rings. The molecule has 9 heteroatoms. The molecule has 1 N–H and O–H groups in total. The summed E-state index contributed by atoms with van der Waals surface area (Å²) < 4.78 is 14.6. The molecule has 1 aliphatic carbocycles. The smallest absolute Gasteiger partial charge is 0.408 e. The van der Waals surface area contributed by atoms with Crippen LogP contribution in [-0.2, 0) is 15.9 Å². The Bertz CT molecular complexity index is 1340. The van der Waals surface area contributed by atoms with Crippen molar-refractivity contribution in [2.75, 3.05) is 24.6 Å². The maximum atomic E-state index is 12.9. The normalized spacial score (nSPS) is 23.0. The van der Waals surface area contributed by atoms with Gasteiger partial charge in [-0.25, -0.2) is 14.5 Å². The van der Waals surface area contributed by atoms with Crippen molar-refractivity contribution in [2.45, 2.75) is 77.2 Å². The van der Waals surface area contributed by atoms with Gasteiger partial charge in [0.1, 0.15) is 15.1 Å². The van der Waals surface area contributed by atoms with Crippen LogP contribution in [0.2, 0.25) is 0 Å². The summed E-state index contributed by atoms with van der Waals surface area (Å²) >= 11 is 2.30. The van der Waals surface area contributed by atoms with Crippen molar-refractivity contribution >= 4 is 45.5 Å². The van der Waals surface area contributed by atoms with E-state index in [9.17, 15) is 4.79 Å². The van der Waals surface area contributed by atoms with Crippen LogP contribution in [-0.4, -0.2) is 46.2 Å². The predicted molar refractivity (Wildman–Crippen MR) is 155 cm³/mol. The van der Waals surface area contributed by atoms with Gasteiger partial charge in [0.05, 0.1) is 11.4 Å². The molecule has 2 aliphatic heterocycles. The third kappa shape index (κ3) is 4.87. The van der Waals surface area contributed by atoms with Gasteiger partial charge in [-0.1, -0.05) is 24.3 Å². The van der Waals surface area contributed by atoms with E-state index in [1.54, 1.807) is 0 Å². The predicted octanol–water partition coefficient (Wildman–Crippen LogP) is 6.14. The van der Waals surface area contributed by atoms with Crippen LogP contribution in [0.4, 0.5) is 10.6 Å². The molecule has 1 amide bonds. The number of rotatable bonds is 3. The number of pyridine rings is 1. The molecule has 202 valence electrons. The number of carbonyl (C=O) groups is 1. The molecule has 0 bridgehead atoms. The standard InChI is InChI=1S/C29H36IN5O3/c1-28(2,3)38-27(36)32-24-20-9-5-4-8-19(20)18-29(24)13-15-34(16-14-29)22-12-11-21-25(30)33-35(26(21)31-22)23-10-6-7-17-37-23/h4-5,8-9,11-12,23-24H,6-7,10,13-18H2,1-3H3,(H,32,36)/t23?,24-/m1/s1. The third-order valence-electron chi connectivity index (χ3n) is 8.19. The van der Waals surface area contributed by atoms with Gasteiger partial charge < -0.3 is 19.7 Å². The lowest BCUT2D eigenvalue weighted by Gasteiger charge is -2.44. The molecule has 38 heavy (non-hydrogen) atoms. The monoisotopic (exact) mass is 629 g/mol. The summed E-state index contributed by atoms with van der Waals surface area (Å²) in [4.78, 5) is 20.3. The Hall–Kier alpha value is -2.40. The van der Waals surface area contributed by atoms with E-state index >= 15 is 0 Å². The Kier molecular flexibility index (Phi) is 6.78. The number of alkyl carbamates (subject to hydrolysis) is 1. The number of amides is 1. The van der Waals surface area contributed by atoms with E-state index in [1.807, 2.05) is 25.5 Å². The summed E-state index contributed by atoms with van der Waals surface area (Å²) in [5.74, 6) is 0.980. The molecule has 1 spiro atoms. The average molecular weight is 630 g/mol. The summed E-state index contributed by atoms with van der Waals surface area (Å²) in [7, 11) is 0.